The van der Waals surface area contributed by atoms with Crippen LogP contribution in [0.25, 0.3) is 6.08 Å². The molecule has 0 saturated carbocycles. The van der Waals surface area contributed by atoms with E-state index in [1.54, 1.807) is 4.90 Å². The van der Waals surface area contributed by atoms with Gasteiger partial charge in [0.1, 0.15) is 26.2 Å². The Balaban J connectivity index is 1.25. The fourth-order valence-electron chi connectivity index (χ4n) is 4.87. The van der Waals surface area contributed by atoms with E-state index in [4.69, 9.17) is 0 Å². The summed E-state index contributed by atoms with van der Waals surface area (Å²) in [6, 6.07) is 19.3. The molecule has 4 rings (SSSR count). The molecule has 4 heteroatoms. The van der Waals surface area contributed by atoms with Crippen molar-refractivity contribution in [3.63, 3.8) is 0 Å². The topological polar surface area (TPSA) is 38.0 Å². The van der Waals surface area contributed by atoms with E-state index in [-0.39, 0.29) is 18.0 Å². The molecule has 0 unspecified atom stereocenters. The second-order valence-electron chi connectivity index (χ2n) is 8.80. The second kappa shape index (κ2) is 10.1. The third-order valence-electron chi connectivity index (χ3n) is 6.81. The van der Waals surface area contributed by atoms with E-state index in [0.29, 0.717) is 0 Å². The van der Waals surface area contributed by atoms with E-state index in [9.17, 15) is 4.79 Å². The number of quaternary nitrogens is 2. The van der Waals surface area contributed by atoms with Crippen LogP contribution in [0.2, 0.25) is 0 Å². The van der Waals surface area contributed by atoms with Gasteiger partial charge in [0.25, 0.3) is 5.91 Å². The van der Waals surface area contributed by atoms with Crippen LogP contribution in [0.15, 0.2) is 60.7 Å². The van der Waals surface area contributed by atoms with Crippen molar-refractivity contribution in [1.82, 2.24) is 5.32 Å². The van der Waals surface area contributed by atoms with Gasteiger partial charge in [-0.15, -0.1) is 0 Å². The first-order chi connectivity index (χ1) is 14.7. The van der Waals surface area contributed by atoms with Crippen molar-refractivity contribution in [3.05, 3.63) is 77.4 Å². The van der Waals surface area contributed by atoms with Crippen LogP contribution in [-0.2, 0) is 11.2 Å². The van der Waals surface area contributed by atoms with Gasteiger partial charge in [-0.25, -0.2) is 0 Å². The molecule has 1 fully saturated rings. The highest BCUT2D eigenvalue weighted by atomic mass is 16.2. The summed E-state index contributed by atoms with van der Waals surface area (Å²) in [5.74, 6) is 0.208. The molecule has 1 aliphatic heterocycles. The summed E-state index contributed by atoms with van der Waals surface area (Å²) in [7, 11) is 0. The lowest BCUT2D eigenvalue weighted by Gasteiger charge is -2.33. The molecule has 1 heterocycles. The third-order valence-corrected chi connectivity index (χ3v) is 6.81. The number of amides is 1. The average molecular weight is 406 g/mol. The van der Waals surface area contributed by atoms with Crippen LogP contribution in [0.1, 0.15) is 42.5 Å². The molecule has 158 valence electrons. The lowest BCUT2D eigenvalue weighted by molar-refractivity contribution is -1.02. The number of hydrogen-bond donors (Lipinski definition) is 3. The fraction of sp³-hybridized carbons (Fsp3) is 0.423. The summed E-state index contributed by atoms with van der Waals surface area (Å²) in [5, 5.41) is 3.36. The molecule has 2 aromatic rings. The first-order valence-corrected chi connectivity index (χ1v) is 11.5. The molecule has 1 saturated heterocycles. The van der Waals surface area contributed by atoms with Crippen LogP contribution in [-0.4, -0.2) is 44.7 Å². The number of carbonyl (C=O) groups excluding carboxylic acids is 1. The van der Waals surface area contributed by atoms with Crippen LogP contribution in [0.5, 0.6) is 0 Å². The highest BCUT2D eigenvalue weighted by Crippen LogP contribution is 2.29. The largest absolute Gasteiger partial charge is 0.344 e. The van der Waals surface area contributed by atoms with E-state index in [2.05, 4.69) is 79.0 Å². The maximum absolute atomic E-state index is 13.0. The predicted octanol–water partition coefficient (Wildman–Crippen LogP) is 1.07. The Morgan fingerprint density at radius 2 is 1.80 bits per heavy atom. The predicted molar refractivity (Wildman–Crippen MR) is 121 cm³/mol. The minimum Gasteiger partial charge on any atom is -0.344 e. The van der Waals surface area contributed by atoms with Crippen molar-refractivity contribution in [3.8, 4) is 0 Å². The van der Waals surface area contributed by atoms with Gasteiger partial charge in [-0.2, -0.15) is 0 Å². The first kappa shape index (κ1) is 20.8. The van der Waals surface area contributed by atoms with Crippen LogP contribution in [0.4, 0.5) is 0 Å². The van der Waals surface area contributed by atoms with Gasteiger partial charge in [-0.05, 0) is 49.0 Å². The Kier molecular flexibility index (Phi) is 6.98. The van der Waals surface area contributed by atoms with Crippen molar-refractivity contribution >= 4 is 12.0 Å². The molecule has 0 spiro atoms. The molecule has 30 heavy (non-hydrogen) atoms. The molecule has 2 aliphatic rings. The molecule has 4 nitrogen and oxygen atoms in total. The number of carbonyl (C=O) groups is 1. The smallest absolute Gasteiger partial charge is 0.278 e. The Morgan fingerprint density at radius 3 is 2.60 bits per heavy atom. The number of fused-ring (bicyclic) bond motifs is 1. The quantitative estimate of drug-likeness (QED) is 0.661. The zero-order valence-electron chi connectivity index (χ0n) is 18.1. The highest BCUT2D eigenvalue weighted by Gasteiger charge is 2.32. The summed E-state index contributed by atoms with van der Waals surface area (Å²) in [6.07, 6.45) is 7.83. The summed E-state index contributed by atoms with van der Waals surface area (Å²) >= 11 is 0. The number of rotatable bonds is 6. The molecule has 3 N–H and O–H groups in total. The Labute approximate surface area is 180 Å². The first-order valence-electron chi connectivity index (χ1n) is 11.5. The van der Waals surface area contributed by atoms with Gasteiger partial charge in [0, 0.05) is 0 Å². The number of hydrogen-bond acceptors (Lipinski definition) is 1. The number of piperazine rings is 1. The maximum atomic E-state index is 13.0. The highest BCUT2D eigenvalue weighted by molar-refractivity contribution is 5.80. The van der Waals surface area contributed by atoms with Crippen LogP contribution >= 0.6 is 0 Å². The normalized spacial score (nSPS) is 24.9. The van der Waals surface area contributed by atoms with Gasteiger partial charge >= 0.3 is 0 Å². The van der Waals surface area contributed by atoms with Gasteiger partial charge in [0.15, 0.2) is 6.04 Å². The van der Waals surface area contributed by atoms with Gasteiger partial charge < -0.3 is 15.1 Å². The van der Waals surface area contributed by atoms with Crippen molar-refractivity contribution in [2.75, 3.05) is 32.7 Å². The minimum atomic E-state index is 0.0144. The SMILES string of the molecule is C[C@H](C(=O)N[C@H]1CCCc2ccccc21)[NH+]1CC[NH+](C/C=C/c2ccccc2)CC1. The third kappa shape index (κ3) is 5.18. The molecule has 2 aromatic carbocycles. The Morgan fingerprint density at radius 1 is 1.07 bits per heavy atom. The molecule has 1 amide bonds. The van der Waals surface area contributed by atoms with Crippen molar-refractivity contribution < 1.29 is 14.6 Å². The summed E-state index contributed by atoms with van der Waals surface area (Å²) in [6.45, 7) is 7.52. The standard InChI is InChI=1S/C26H33N3O/c1-21(26(30)27-25-15-7-13-23-12-5-6-14-24(23)25)29-19-17-28(18-20-29)16-8-11-22-9-3-2-4-10-22/h2-6,8-12,14,21,25H,7,13,15-20H2,1H3,(H,27,30)/p+2/b11-8+/t21-,25+/m1/s1. The molecule has 0 radical (unpaired) electrons. The molecular weight excluding hydrogens is 370 g/mol. The minimum absolute atomic E-state index is 0.0144. The average Bonchev–Trinajstić information content (AvgIpc) is 2.80. The summed E-state index contributed by atoms with van der Waals surface area (Å²) < 4.78 is 0. The maximum Gasteiger partial charge on any atom is 0.278 e. The van der Waals surface area contributed by atoms with E-state index < -0.39 is 0 Å². The van der Waals surface area contributed by atoms with Gasteiger partial charge in [-0.1, -0.05) is 60.7 Å². The summed E-state index contributed by atoms with van der Waals surface area (Å²) in [5.41, 5.74) is 3.98. The summed E-state index contributed by atoms with van der Waals surface area (Å²) in [4.78, 5) is 16.0. The van der Waals surface area contributed by atoms with E-state index in [1.165, 1.54) is 21.6 Å². The van der Waals surface area contributed by atoms with Crippen LogP contribution < -0.4 is 15.1 Å². The van der Waals surface area contributed by atoms with E-state index in [1.807, 2.05) is 0 Å². The zero-order chi connectivity index (χ0) is 20.8. The van der Waals surface area contributed by atoms with E-state index in [0.717, 1.165) is 52.0 Å². The molecule has 0 bridgehead atoms. The van der Waals surface area contributed by atoms with E-state index >= 15 is 0 Å². The second-order valence-corrected chi connectivity index (χ2v) is 8.80. The van der Waals surface area contributed by atoms with Gasteiger partial charge in [0.05, 0.1) is 12.6 Å². The zero-order valence-corrected chi connectivity index (χ0v) is 18.1. The molecule has 1 aliphatic carbocycles. The number of nitrogens with one attached hydrogen (secondary N) is 3. The van der Waals surface area contributed by atoms with Crippen molar-refractivity contribution in [1.29, 1.82) is 0 Å². The van der Waals surface area contributed by atoms with Gasteiger partial charge in [0.2, 0.25) is 0 Å². The van der Waals surface area contributed by atoms with Crippen LogP contribution in [0, 0.1) is 0 Å². The van der Waals surface area contributed by atoms with Crippen molar-refractivity contribution in [2.24, 2.45) is 0 Å². The lowest BCUT2D eigenvalue weighted by Crippen LogP contribution is -3.30. The Bertz CT molecular complexity index is 856. The monoisotopic (exact) mass is 405 g/mol. The number of benzene rings is 2. The Hall–Kier alpha value is -2.43. The fourth-order valence-corrected chi connectivity index (χ4v) is 4.87. The van der Waals surface area contributed by atoms with Gasteiger partial charge in [-0.3, -0.25) is 4.79 Å². The lowest BCUT2D eigenvalue weighted by atomic mass is 9.87. The molecular formula is C26H35N3O+2. The molecule has 2 atom stereocenters. The van der Waals surface area contributed by atoms with Crippen molar-refractivity contribution in [2.45, 2.75) is 38.3 Å². The molecule has 0 aromatic heterocycles. The number of aryl methyl sites for hydroxylation is 1. The van der Waals surface area contributed by atoms with Crippen LogP contribution in [0.3, 0.4) is 0 Å².